The van der Waals surface area contributed by atoms with Gasteiger partial charge in [-0.3, -0.25) is 9.59 Å². The highest BCUT2D eigenvalue weighted by atomic mass is 35.5. The average molecular weight is 563 g/mol. The quantitative estimate of drug-likeness (QED) is 0.131. The van der Waals surface area contributed by atoms with Crippen LogP contribution in [0.25, 0.3) is 0 Å². The summed E-state index contributed by atoms with van der Waals surface area (Å²) < 4.78 is 4.53. The number of nitrogens with one attached hydrogen (secondary N) is 2. The highest BCUT2D eigenvalue weighted by Crippen LogP contribution is 2.20. The number of rotatable bonds is 15. The van der Waals surface area contributed by atoms with Gasteiger partial charge in [-0.15, -0.1) is 0 Å². The second kappa shape index (κ2) is 19.2. The number of methoxy groups -OCH3 is 1. The van der Waals surface area contributed by atoms with E-state index in [2.05, 4.69) is 22.3 Å². The van der Waals surface area contributed by atoms with Gasteiger partial charge >= 0.3 is 5.97 Å². The lowest BCUT2D eigenvalue weighted by atomic mass is 9.86. The van der Waals surface area contributed by atoms with Gasteiger partial charge in [0.1, 0.15) is 6.04 Å². The Balaban J connectivity index is 4.91. The van der Waals surface area contributed by atoms with Crippen LogP contribution in [0.15, 0.2) is 71.5 Å². The molecule has 0 spiro atoms. The minimum atomic E-state index is -0.722. The summed E-state index contributed by atoms with van der Waals surface area (Å²) in [5, 5.41) is 16.6. The van der Waals surface area contributed by atoms with Crippen LogP contribution in [0.3, 0.4) is 0 Å². The number of esters is 1. The first-order valence-corrected chi connectivity index (χ1v) is 13.6. The predicted molar refractivity (Wildman–Crippen MR) is 160 cm³/mol. The van der Waals surface area contributed by atoms with Gasteiger partial charge in [0.2, 0.25) is 11.8 Å². The SMILES string of the molecule is COC(=O)C=CCC(O)C(C)C=C(C)C=CC=CC(=O)NC(C(=O)NC=CCC(C)CC=C(C)Cl)C(C)(C)C. The molecule has 0 bridgehead atoms. The van der Waals surface area contributed by atoms with Crippen molar-refractivity contribution < 1.29 is 24.2 Å². The van der Waals surface area contributed by atoms with E-state index < -0.39 is 23.5 Å². The number of carbonyl (C=O) groups excluding carboxylic acids is 3. The van der Waals surface area contributed by atoms with Crippen molar-refractivity contribution in [1.29, 1.82) is 0 Å². The molecule has 0 aromatic heterocycles. The Hall–Kier alpha value is -2.90. The number of aliphatic hydroxyl groups is 1. The second-order valence-corrected chi connectivity index (χ2v) is 11.4. The molecule has 0 aromatic carbocycles. The fourth-order valence-electron chi connectivity index (χ4n) is 3.37. The molecule has 4 unspecified atom stereocenters. The van der Waals surface area contributed by atoms with Crippen LogP contribution in [-0.2, 0) is 19.1 Å². The third-order valence-electron chi connectivity index (χ3n) is 5.78. The number of ether oxygens (including phenoxy) is 1. The summed E-state index contributed by atoms with van der Waals surface area (Å²) >= 11 is 5.87. The molecule has 7 nitrogen and oxygen atoms in total. The molecule has 8 heteroatoms. The maximum absolute atomic E-state index is 12.8. The first kappa shape index (κ1) is 36.1. The molecule has 0 saturated heterocycles. The molecule has 3 N–H and O–H groups in total. The van der Waals surface area contributed by atoms with Crippen LogP contribution in [-0.4, -0.2) is 42.1 Å². The van der Waals surface area contributed by atoms with Crippen molar-refractivity contribution in [3.05, 3.63) is 71.5 Å². The van der Waals surface area contributed by atoms with Crippen LogP contribution in [0.1, 0.15) is 67.7 Å². The third kappa shape index (κ3) is 18.1. The second-order valence-electron chi connectivity index (χ2n) is 10.8. The van der Waals surface area contributed by atoms with Crippen LogP contribution < -0.4 is 10.6 Å². The van der Waals surface area contributed by atoms with Gasteiger partial charge in [0.15, 0.2) is 0 Å². The van der Waals surface area contributed by atoms with Crippen LogP contribution in [0.4, 0.5) is 0 Å². The van der Waals surface area contributed by atoms with E-state index in [1.165, 1.54) is 19.3 Å². The molecule has 0 radical (unpaired) electrons. The zero-order chi connectivity index (χ0) is 30.0. The van der Waals surface area contributed by atoms with Gasteiger partial charge in [0.05, 0.1) is 13.2 Å². The van der Waals surface area contributed by atoms with Crippen molar-refractivity contribution in [2.45, 2.75) is 79.9 Å². The molecule has 0 aliphatic rings. The minimum Gasteiger partial charge on any atom is -0.466 e. The maximum Gasteiger partial charge on any atom is 0.330 e. The van der Waals surface area contributed by atoms with Crippen molar-refractivity contribution in [3.63, 3.8) is 0 Å². The smallest absolute Gasteiger partial charge is 0.330 e. The number of halogens is 1. The molecule has 0 saturated carbocycles. The van der Waals surface area contributed by atoms with Crippen molar-refractivity contribution in [2.75, 3.05) is 7.11 Å². The molecule has 0 aromatic rings. The molecule has 0 heterocycles. The Bertz CT molecular complexity index is 966. The zero-order valence-corrected chi connectivity index (χ0v) is 25.4. The molecule has 39 heavy (non-hydrogen) atoms. The molecule has 218 valence electrons. The lowest BCUT2D eigenvalue weighted by Crippen LogP contribution is -2.52. The van der Waals surface area contributed by atoms with E-state index in [0.29, 0.717) is 12.3 Å². The molecule has 0 aliphatic carbocycles. The van der Waals surface area contributed by atoms with Gasteiger partial charge in [0, 0.05) is 23.1 Å². The molecule has 4 atom stereocenters. The Morgan fingerprint density at radius 3 is 2.21 bits per heavy atom. The van der Waals surface area contributed by atoms with Gasteiger partial charge < -0.3 is 20.5 Å². The van der Waals surface area contributed by atoms with Crippen molar-refractivity contribution in [2.24, 2.45) is 17.3 Å². The Morgan fingerprint density at radius 1 is 0.974 bits per heavy atom. The van der Waals surface area contributed by atoms with Gasteiger partial charge in [-0.1, -0.05) is 94.3 Å². The first-order valence-electron chi connectivity index (χ1n) is 13.2. The lowest BCUT2D eigenvalue weighted by Gasteiger charge is -2.29. The summed E-state index contributed by atoms with van der Waals surface area (Å²) in [6.45, 7) is 13.4. The molecule has 0 rings (SSSR count). The largest absolute Gasteiger partial charge is 0.466 e. The van der Waals surface area contributed by atoms with E-state index in [4.69, 9.17) is 11.6 Å². The van der Waals surface area contributed by atoms with Gasteiger partial charge in [0.25, 0.3) is 0 Å². The fraction of sp³-hybridized carbons (Fsp3) is 0.516. The van der Waals surface area contributed by atoms with E-state index in [-0.39, 0.29) is 17.7 Å². The van der Waals surface area contributed by atoms with Crippen LogP contribution in [0.2, 0.25) is 0 Å². The summed E-state index contributed by atoms with van der Waals surface area (Å²) in [4.78, 5) is 36.4. The van der Waals surface area contributed by atoms with Crippen molar-refractivity contribution in [3.8, 4) is 0 Å². The number of hydrogen-bond donors (Lipinski definition) is 3. The molecule has 0 aliphatic heterocycles. The summed E-state index contributed by atoms with van der Waals surface area (Å²) in [5.74, 6) is -0.866. The third-order valence-corrected chi connectivity index (χ3v) is 5.94. The highest BCUT2D eigenvalue weighted by Gasteiger charge is 2.31. The van der Waals surface area contributed by atoms with E-state index in [9.17, 15) is 19.5 Å². The van der Waals surface area contributed by atoms with Gasteiger partial charge in [-0.25, -0.2) is 4.79 Å². The van der Waals surface area contributed by atoms with Crippen LogP contribution in [0.5, 0.6) is 0 Å². The number of hydrogen-bond acceptors (Lipinski definition) is 5. The maximum atomic E-state index is 12.8. The number of allylic oxidation sites excluding steroid dienone is 7. The van der Waals surface area contributed by atoms with E-state index >= 15 is 0 Å². The number of amides is 2. The summed E-state index contributed by atoms with van der Waals surface area (Å²) in [7, 11) is 1.30. The molecule has 0 fully saturated rings. The van der Waals surface area contributed by atoms with Crippen LogP contribution >= 0.6 is 11.6 Å². The standard InChI is InChI=1S/C31H47ClN2O5/c1-22(18-19-25(4)32)14-12-20-33-30(38)29(31(5,6)7)34-27(36)16-10-9-13-23(2)21-24(3)26(35)15-11-17-28(37)39-8/h9-13,16-17,19-22,24,26,29,35H,14-15,18H2,1-8H3,(H,33,38)(H,34,36). The van der Waals surface area contributed by atoms with Crippen molar-refractivity contribution >= 4 is 29.4 Å². The zero-order valence-electron chi connectivity index (χ0n) is 24.7. The monoisotopic (exact) mass is 562 g/mol. The summed E-state index contributed by atoms with van der Waals surface area (Å²) in [5.41, 5.74) is 0.417. The van der Waals surface area contributed by atoms with E-state index in [1.807, 2.05) is 65.8 Å². The first-order chi connectivity index (χ1) is 18.2. The van der Waals surface area contributed by atoms with Gasteiger partial charge in [-0.2, -0.15) is 0 Å². The lowest BCUT2D eigenvalue weighted by molar-refractivity contribution is -0.134. The summed E-state index contributed by atoms with van der Waals surface area (Å²) in [6, 6.07) is -0.722. The van der Waals surface area contributed by atoms with E-state index in [1.54, 1.807) is 24.4 Å². The minimum absolute atomic E-state index is 0.140. The van der Waals surface area contributed by atoms with Crippen LogP contribution in [0, 0.1) is 17.3 Å². The fourth-order valence-corrected chi connectivity index (χ4v) is 3.46. The normalized spacial score (nSPS) is 16.6. The van der Waals surface area contributed by atoms with Crippen molar-refractivity contribution in [1.82, 2.24) is 10.6 Å². The molecular weight excluding hydrogens is 516 g/mol. The Labute approximate surface area is 239 Å². The molecular formula is C31H47ClN2O5. The number of aliphatic hydroxyl groups excluding tert-OH is 1. The molecule has 2 amide bonds. The Morgan fingerprint density at radius 2 is 1.62 bits per heavy atom. The number of carbonyl (C=O) groups is 3. The predicted octanol–water partition coefficient (Wildman–Crippen LogP) is 5.88. The van der Waals surface area contributed by atoms with E-state index in [0.717, 1.165) is 23.4 Å². The van der Waals surface area contributed by atoms with Gasteiger partial charge in [-0.05, 0) is 50.6 Å². The average Bonchev–Trinajstić information content (AvgIpc) is 2.85. The Kier molecular flexibility index (Phi) is 17.8. The summed E-state index contributed by atoms with van der Waals surface area (Å²) in [6.07, 6.45) is 18.1. The highest BCUT2D eigenvalue weighted by molar-refractivity contribution is 6.29. The topological polar surface area (TPSA) is 105 Å².